The Kier molecular flexibility index (Phi) is 6.36. The molecule has 1 aliphatic heterocycles. The first-order valence-corrected chi connectivity index (χ1v) is 10.6. The third kappa shape index (κ3) is 4.95. The number of methoxy groups -OCH3 is 1. The fourth-order valence-corrected chi connectivity index (χ4v) is 3.97. The van der Waals surface area contributed by atoms with E-state index in [0.717, 1.165) is 16.6 Å². The normalized spacial score (nSPS) is 17.4. The Balaban J connectivity index is 1.31. The number of para-hydroxylation sites is 2. The summed E-state index contributed by atoms with van der Waals surface area (Å²) in [5.41, 5.74) is 2.31. The highest BCUT2D eigenvalue weighted by atomic mass is 16.5. The van der Waals surface area contributed by atoms with E-state index in [4.69, 9.17) is 9.47 Å². The SMILES string of the molecule is COc1cc(C)ccc1OCC(O)CN1CCC(O)(c2cnc3ccccc3n2)CC1. The summed E-state index contributed by atoms with van der Waals surface area (Å²) >= 11 is 0. The number of rotatable bonds is 7. The van der Waals surface area contributed by atoms with Gasteiger partial charge in [0, 0.05) is 19.6 Å². The zero-order chi connectivity index (χ0) is 21.8. The molecule has 0 saturated carbocycles. The fraction of sp³-hybridized carbons (Fsp3) is 0.417. The van der Waals surface area contributed by atoms with E-state index in [1.54, 1.807) is 13.3 Å². The molecule has 3 aromatic rings. The van der Waals surface area contributed by atoms with Gasteiger partial charge in [0.2, 0.25) is 0 Å². The Labute approximate surface area is 182 Å². The summed E-state index contributed by atoms with van der Waals surface area (Å²) in [6.07, 6.45) is 2.12. The second-order valence-electron chi connectivity index (χ2n) is 8.20. The van der Waals surface area contributed by atoms with Crippen LogP contribution in [-0.4, -0.2) is 64.5 Å². The average molecular weight is 424 g/mol. The Morgan fingerprint density at radius 2 is 1.84 bits per heavy atom. The average Bonchev–Trinajstić information content (AvgIpc) is 2.79. The minimum Gasteiger partial charge on any atom is -0.493 e. The van der Waals surface area contributed by atoms with Crippen molar-refractivity contribution >= 4 is 11.0 Å². The number of fused-ring (bicyclic) bond motifs is 1. The standard InChI is InChI=1S/C24H29N3O4/c1-17-7-8-21(22(13-17)30-2)31-16-18(28)15-27-11-9-24(29,10-12-27)23-14-25-19-5-3-4-6-20(19)26-23/h3-8,13-14,18,28-29H,9-12,15-16H2,1-2H3. The number of β-amino-alcohol motifs (C(OH)–C–C–N with tert-alkyl or cyclic N) is 1. The topological polar surface area (TPSA) is 87.9 Å². The number of aromatic nitrogens is 2. The molecule has 1 atom stereocenters. The first kappa shape index (κ1) is 21.5. The molecule has 1 aliphatic rings. The predicted octanol–water partition coefficient (Wildman–Crippen LogP) is 2.67. The van der Waals surface area contributed by atoms with Gasteiger partial charge in [-0.05, 0) is 49.6 Å². The number of nitrogens with zero attached hydrogens (tertiary/aromatic N) is 3. The molecular formula is C24H29N3O4. The van der Waals surface area contributed by atoms with E-state index in [1.807, 2.05) is 49.4 Å². The van der Waals surface area contributed by atoms with E-state index < -0.39 is 11.7 Å². The fourth-order valence-electron chi connectivity index (χ4n) is 3.97. The molecule has 1 aromatic heterocycles. The number of aliphatic hydroxyl groups is 2. The zero-order valence-electron chi connectivity index (χ0n) is 18.0. The molecule has 0 radical (unpaired) electrons. The van der Waals surface area contributed by atoms with Gasteiger partial charge in [0.15, 0.2) is 11.5 Å². The first-order chi connectivity index (χ1) is 15.0. The van der Waals surface area contributed by atoms with E-state index in [2.05, 4.69) is 14.9 Å². The lowest BCUT2D eigenvalue weighted by atomic mass is 9.88. The van der Waals surface area contributed by atoms with Crippen molar-refractivity contribution in [3.05, 3.63) is 59.9 Å². The largest absolute Gasteiger partial charge is 0.493 e. The maximum Gasteiger partial charge on any atom is 0.161 e. The van der Waals surface area contributed by atoms with Crippen LogP contribution in [0.1, 0.15) is 24.1 Å². The van der Waals surface area contributed by atoms with E-state index in [0.29, 0.717) is 49.7 Å². The Morgan fingerprint density at radius 3 is 2.58 bits per heavy atom. The van der Waals surface area contributed by atoms with Gasteiger partial charge < -0.3 is 24.6 Å². The first-order valence-electron chi connectivity index (χ1n) is 10.6. The molecule has 4 rings (SSSR count). The van der Waals surface area contributed by atoms with Crippen molar-refractivity contribution < 1.29 is 19.7 Å². The van der Waals surface area contributed by atoms with Crippen molar-refractivity contribution in [1.29, 1.82) is 0 Å². The van der Waals surface area contributed by atoms with Gasteiger partial charge in [0.1, 0.15) is 18.3 Å². The van der Waals surface area contributed by atoms with Crippen molar-refractivity contribution in [2.24, 2.45) is 0 Å². The lowest BCUT2D eigenvalue weighted by molar-refractivity contribution is -0.0401. The molecule has 0 amide bonds. The third-order valence-electron chi connectivity index (χ3n) is 5.83. The van der Waals surface area contributed by atoms with Crippen LogP contribution in [0.2, 0.25) is 0 Å². The maximum absolute atomic E-state index is 11.2. The van der Waals surface area contributed by atoms with E-state index in [9.17, 15) is 10.2 Å². The van der Waals surface area contributed by atoms with Crippen molar-refractivity contribution in [1.82, 2.24) is 14.9 Å². The minimum atomic E-state index is -0.996. The third-order valence-corrected chi connectivity index (χ3v) is 5.83. The number of hydrogen-bond acceptors (Lipinski definition) is 7. The number of benzene rings is 2. The predicted molar refractivity (Wildman–Crippen MR) is 118 cm³/mol. The summed E-state index contributed by atoms with van der Waals surface area (Å²) < 4.78 is 11.1. The van der Waals surface area contributed by atoms with Crippen LogP contribution in [0.3, 0.4) is 0 Å². The molecule has 0 bridgehead atoms. The minimum absolute atomic E-state index is 0.177. The van der Waals surface area contributed by atoms with Crippen LogP contribution in [0.4, 0.5) is 0 Å². The Morgan fingerprint density at radius 1 is 1.10 bits per heavy atom. The van der Waals surface area contributed by atoms with E-state index in [-0.39, 0.29) is 6.61 Å². The summed E-state index contributed by atoms with van der Waals surface area (Å²) in [4.78, 5) is 11.2. The summed E-state index contributed by atoms with van der Waals surface area (Å²) in [5, 5.41) is 21.6. The van der Waals surface area contributed by atoms with Crippen LogP contribution in [0, 0.1) is 6.92 Å². The molecule has 7 nitrogen and oxygen atoms in total. The molecular weight excluding hydrogens is 394 g/mol. The number of piperidine rings is 1. The van der Waals surface area contributed by atoms with E-state index in [1.165, 1.54) is 0 Å². The highest BCUT2D eigenvalue weighted by Crippen LogP contribution is 2.32. The van der Waals surface area contributed by atoms with Gasteiger partial charge in [-0.15, -0.1) is 0 Å². The number of ether oxygens (including phenoxy) is 2. The number of hydrogen-bond donors (Lipinski definition) is 2. The quantitative estimate of drug-likeness (QED) is 0.604. The van der Waals surface area contributed by atoms with Gasteiger partial charge in [-0.25, -0.2) is 4.98 Å². The van der Waals surface area contributed by atoms with Gasteiger partial charge >= 0.3 is 0 Å². The second-order valence-corrected chi connectivity index (χ2v) is 8.20. The van der Waals surface area contributed by atoms with Crippen LogP contribution >= 0.6 is 0 Å². The van der Waals surface area contributed by atoms with Gasteiger partial charge in [0.05, 0.1) is 30.0 Å². The second kappa shape index (κ2) is 9.18. The van der Waals surface area contributed by atoms with Crippen LogP contribution in [0.25, 0.3) is 11.0 Å². The van der Waals surface area contributed by atoms with Crippen molar-refractivity contribution in [2.75, 3.05) is 33.4 Å². The number of aliphatic hydroxyl groups excluding tert-OH is 1. The van der Waals surface area contributed by atoms with Gasteiger partial charge in [-0.3, -0.25) is 4.98 Å². The summed E-state index contributed by atoms with van der Waals surface area (Å²) in [7, 11) is 1.60. The molecule has 164 valence electrons. The lowest BCUT2D eigenvalue weighted by Crippen LogP contribution is -2.46. The molecule has 0 aliphatic carbocycles. The molecule has 2 N–H and O–H groups in total. The van der Waals surface area contributed by atoms with Crippen LogP contribution in [0.15, 0.2) is 48.7 Å². The molecule has 1 unspecified atom stereocenters. The van der Waals surface area contributed by atoms with Gasteiger partial charge in [-0.1, -0.05) is 18.2 Å². The van der Waals surface area contributed by atoms with Gasteiger partial charge in [0.25, 0.3) is 0 Å². The molecule has 0 spiro atoms. The molecule has 31 heavy (non-hydrogen) atoms. The smallest absolute Gasteiger partial charge is 0.161 e. The summed E-state index contributed by atoms with van der Waals surface area (Å²) in [6, 6.07) is 13.4. The summed E-state index contributed by atoms with van der Waals surface area (Å²) in [6.45, 7) is 3.97. The lowest BCUT2D eigenvalue weighted by Gasteiger charge is -2.38. The van der Waals surface area contributed by atoms with Crippen molar-refractivity contribution in [2.45, 2.75) is 31.5 Å². The number of aryl methyl sites for hydroxylation is 1. The molecule has 1 fully saturated rings. The molecule has 1 saturated heterocycles. The maximum atomic E-state index is 11.2. The van der Waals surface area contributed by atoms with Crippen molar-refractivity contribution in [3.8, 4) is 11.5 Å². The van der Waals surface area contributed by atoms with Crippen molar-refractivity contribution in [3.63, 3.8) is 0 Å². The highest BCUT2D eigenvalue weighted by molar-refractivity contribution is 5.73. The molecule has 2 heterocycles. The Bertz CT molecular complexity index is 1030. The van der Waals surface area contributed by atoms with Crippen LogP contribution < -0.4 is 9.47 Å². The number of likely N-dealkylation sites (tertiary alicyclic amines) is 1. The highest BCUT2D eigenvalue weighted by Gasteiger charge is 2.36. The Hall–Kier alpha value is -2.74. The molecule has 2 aromatic carbocycles. The van der Waals surface area contributed by atoms with E-state index >= 15 is 0 Å². The van der Waals surface area contributed by atoms with Crippen LogP contribution in [0.5, 0.6) is 11.5 Å². The monoisotopic (exact) mass is 423 g/mol. The van der Waals surface area contributed by atoms with Crippen LogP contribution in [-0.2, 0) is 5.60 Å². The summed E-state index contributed by atoms with van der Waals surface area (Å²) in [5.74, 6) is 1.28. The zero-order valence-corrected chi connectivity index (χ0v) is 18.0. The van der Waals surface area contributed by atoms with Gasteiger partial charge in [-0.2, -0.15) is 0 Å². The molecule has 7 heteroatoms.